The lowest BCUT2D eigenvalue weighted by Gasteiger charge is -2.19. The first-order valence-corrected chi connectivity index (χ1v) is 5.55. The molecule has 1 N–H and O–H groups in total. The number of aromatic nitrogens is 2. The van der Waals surface area contributed by atoms with Crippen LogP contribution in [0.15, 0.2) is 24.5 Å². The van der Waals surface area contributed by atoms with Crippen LogP contribution in [0.3, 0.4) is 0 Å². The molecule has 1 aliphatic rings. The molecule has 2 heterocycles. The highest BCUT2D eigenvalue weighted by Crippen LogP contribution is 2.27. The third-order valence-corrected chi connectivity index (χ3v) is 3.23. The second-order valence-corrected chi connectivity index (χ2v) is 4.30. The number of hydrogen-bond acceptors (Lipinski definition) is 2. The molecule has 0 bridgehead atoms. The van der Waals surface area contributed by atoms with Crippen molar-refractivity contribution in [1.82, 2.24) is 9.55 Å². The van der Waals surface area contributed by atoms with Crippen LogP contribution in [0.5, 0.6) is 0 Å². The Hall–Kier alpha value is -1.61. The first-order chi connectivity index (χ1) is 7.79. The lowest BCUT2D eigenvalue weighted by Crippen LogP contribution is -2.12. The third kappa shape index (κ3) is 1.28. The number of nitrogens with zero attached hydrogens (tertiary/aromatic N) is 2. The number of imidazole rings is 1. The largest absolute Gasteiger partial charge is 0.390 e. The molecular weight excluding hydrogens is 200 g/mol. The number of aliphatic hydroxyl groups is 1. The number of aryl methyl sites for hydroxylation is 2. The average Bonchev–Trinajstić information content (AvgIpc) is 2.72. The number of rotatable bonds is 1. The van der Waals surface area contributed by atoms with Gasteiger partial charge in [-0.2, -0.15) is 0 Å². The van der Waals surface area contributed by atoms with E-state index < -0.39 is 0 Å². The quantitative estimate of drug-likeness (QED) is 0.785. The number of fused-ring (bicyclic) bond motifs is 3. The summed E-state index contributed by atoms with van der Waals surface area (Å²) in [5, 5.41) is 9.21. The topological polar surface area (TPSA) is 38.0 Å². The van der Waals surface area contributed by atoms with Crippen LogP contribution in [-0.2, 0) is 19.4 Å². The summed E-state index contributed by atoms with van der Waals surface area (Å²) in [6.07, 6.45) is 3.82. The van der Waals surface area contributed by atoms with Gasteiger partial charge in [-0.1, -0.05) is 12.1 Å². The number of aliphatic hydroxyl groups excluding tert-OH is 1. The Kier molecular flexibility index (Phi) is 2.07. The molecule has 1 aromatic heterocycles. The Morgan fingerprint density at radius 2 is 2.25 bits per heavy atom. The zero-order valence-corrected chi connectivity index (χ0v) is 9.27. The predicted molar refractivity (Wildman–Crippen MR) is 61.6 cm³/mol. The second-order valence-electron chi connectivity index (χ2n) is 4.30. The van der Waals surface area contributed by atoms with E-state index in [9.17, 15) is 5.11 Å². The van der Waals surface area contributed by atoms with E-state index in [0.717, 1.165) is 24.2 Å². The van der Waals surface area contributed by atoms with Crippen LogP contribution in [0.25, 0.3) is 5.69 Å². The van der Waals surface area contributed by atoms with Gasteiger partial charge in [0.1, 0.15) is 0 Å². The molecule has 3 heteroatoms. The normalized spacial score (nSPS) is 13.4. The summed E-state index contributed by atoms with van der Waals surface area (Å²) in [5.74, 6) is 0. The third-order valence-electron chi connectivity index (χ3n) is 3.23. The van der Waals surface area contributed by atoms with Crippen LogP contribution in [0.4, 0.5) is 0 Å². The van der Waals surface area contributed by atoms with Crippen LogP contribution in [-0.4, -0.2) is 14.7 Å². The maximum absolute atomic E-state index is 9.21. The van der Waals surface area contributed by atoms with Gasteiger partial charge in [0.2, 0.25) is 0 Å². The minimum absolute atomic E-state index is 0.0312. The maximum atomic E-state index is 9.21. The van der Waals surface area contributed by atoms with Gasteiger partial charge >= 0.3 is 0 Å². The molecule has 1 aromatic carbocycles. The van der Waals surface area contributed by atoms with E-state index in [1.807, 2.05) is 6.33 Å². The Balaban J connectivity index is 2.22. The van der Waals surface area contributed by atoms with Crippen LogP contribution in [0, 0.1) is 6.92 Å². The molecule has 82 valence electrons. The standard InChI is InChI=1S/C13H14N2O/c1-9-2-3-10-4-5-12-11(7-16)14-8-15(12)13(10)6-9/h2-3,6,8,16H,4-5,7H2,1H3. The molecule has 0 amide bonds. The van der Waals surface area contributed by atoms with Crippen molar-refractivity contribution in [2.75, 3.05) is 0 Å². The summed E-state index contributed by atoms with van der Waals surface area (Å²) in [7, 11) is 0. The second kappa shape index (κ2) is 3.46. The molecule has 0 spiro atoms. The molecule has 16 heavy (non-hydrogen) atoms. The van der Waals surface area contributed by atoms with Crippen molar-refractivity contribution in [1.29, 1.82) is 0 Å². The van der Waals surface area contributed by atoms with Crippen molar-refractivity contribution in [3.8, 4) is 5.69 Å². The first kappa shape index (κ1) is 9.60. The van der Waals surface area contributed by atoms with E-state index in [-0.39, 0.29) is 6.61 Å². The van der Waals surface area contributed by atoms with E-state index in [1.54, 1.807) is 0 Å². The summed E-state index contributed by atoms with van der Waals surface area (Å²) in [6.45, 7) is 2.13. The fourth-order valence-electron chi connectivity index (χ4n) is 2.38. The Morgan fingerprint density at radius 1 is 1.38 bits per heavy atom. The Labute approximate surface area is 94.4 Å². The van der Waals surface area contributed by atoms with Crippen molar-refractivity contribution < 1.29 is 5.11 Å². The SMILES string of the molecule is Cc1ccc2c(c1)-n1cnc(CO)c1CC2. The molecule has 0 unspecified atom stereocenters. The summed E-state index contributed by atoms with van der Waals surface area (Å²) < 4.78 is 2.11. The molecular formula is C13H14N2O. The smallest absolute Gasteiger partial charge is 0.0998 e. The lowest BCUT2D eigenvalue weighted by atomic mass is 9.99. The number of benzene rings is 1. The van der Waals surface area contributed by atoms with Crippen LogP contribution >= 0.6 is 0 Å². The highest BCUT2D eigenvalue weighted by Gasteiger charge is 2.18. The average molecular weight is 214 g/mol. The van der Waals surface area contributed by atoms with Gasteiger partial charge < -0.3 is 9.67 Å². The van der Waals surface area contributed by atoms with Crippen molar-refractivity contribution >= 4 is 0 Å². The molecule has 0 saturated heterocycles. The van der Waals surface area contributed by atoms with Crippen molar-refractivity contribution in [2.24, 2.45) is 0 Å². The minimum atomic E-state index is 0.0312. The molecule has 1 aliphatic heterocycles. The van der Waals surface area contributed by atoms with E-state index in [4.69, 9.17) is 0 Å². The Morgan fingerprint density at radius 3 is 3.06 bits per heavy atom. The summed E-state index contributed by atoms with van der Waals surface area (Å²) >= 11 is 0. The van der Waals surface area contributed by atoms with Crippen molar-refractivity contribution in [2.45, 2.75) is 26.4 Å². The van der Waals surface area contributed by atoms with Gasteiger partial charge in [-0.15, -0.1) is 0 Å². The molecule has 0 fully saturated rings. The molecule has 0 radical (unpaired) electrons. The van der Waals surface area contributed by atoms with E-state index in [2.05, 4.69) is 34.7 Å². The maximum Gasteiger partial charge on any atom is 0.0998 e. The number of hydrogen-bond donors (Lipinski definition) is 1. The van der Waals surface area contributed by atoms with E-state index >= 15 is 0 Å². The fourth-order valence-corrected chi connectivity index (χ4v) is 2.38. The highest BCUT2D eigenvalue weighted by atomic mass is 16.3. The van der Waals surface area contributed by atoms with Gasteiger partial charge in [-0.3, -0.25) is 0 Å². The van der Waals surface area contributed by atoms with Gasteiger partial charge in [0.05, 0.1) is 24.3 Å². The molecule has 2 aromatic rings. The van der Waals surface area contributed by atoms with Crippen molar-refractivity contribution in [3.05, 3.63) is 47.0 Å². The molecule has 3 nitrogen and oxygen atoms in total. The van der Waals surface area contributed by atoms with Crippen molar-refractivity contribution in [3.63, 3.8) is 0 Å². The zero-order chi connectivity index (χ0) is 11.1. The highest BCUT2D eigenvalue weighted by molar-refractivity contribution is 5.48. The van der Waals surface area contributed by atoms with Crippen LogP contribution in [0.1, 0.15) is 22.5 Å². The van der Waals surface area contributed by atoms with Crippen LogP contribution < -0.4 is 0 Å². The molecule has 3 rings (SSSR count). The summed E-state index contributed by atoms with van der Waals surface area (Å²) in [5.41, 5.74) is 5.80. The van der Waals surface area contributed by atoms with Gasteiger partial charge in [0, 0.05) is 5.69 Å². The van der Waals surface area contributed by atoms with E-state index in [0.29, 0.717) is 0 Å². The minimum Gasteiger partial charge on any atom is -0.390 e. The molecule has 0 saturated carbocycles. The van der Waals surface area contributed by atoms with Gasteiger partial charge in [0.15, 0.2) is 0 Å². The fraction of sp³-hybridized carbons (Fsp3) is 0.308. The van der Waals surface area contributed by atoms with Gasteiger partial charge in [-0.25, -0.2) is 4.98 Å². The first-order valence-electron chi connectivity index (χ1n) is 5.55. The van der Waals surface area contributed by atoms with Crippen LogP contribution in [0.2, 0.25) is 0 Å². The summed E-state index contributed by atoms with van der Waals surface area (Å²) in [6, 6.07) is 6.51. The monoisotopic (exact) mass is 214 g/mol. The summed E-state index contributed by atoms with van der Waals surface area (Å²) in [4.78, 5) is 4.26. The Bertz CT molecular complexity index is 543. The van der Waals surface area contributed by atoms with Gasteiger partial charge in [0.25, 0.3) is 0 Å². The molecule has 0 atom stereocenters. The van der Waals surface area contributed by atoms with Gasteiger partial charge in [-0.05, 0) is 37.0 Å². The lowest BCUT2D eigenvalue weighted by molar-refractivity contribution is 0.276. The molecule has 0 aliphatic carbocycles. The van der Waals surface area contributed by atoms with E-state index in [1.165, 1.54) is 16.8 Å². The zero-order valence-electron chi connectivity index (χ0n) is 9.27. The predicted octanol–water partition coefficient (Wildman–Crippen LogP) is 1.77.